The Bertz CT molecular complexity index is 471. The van der Waals surface area contributed by atoms with Crippen LogP contribution in [0.25, 0.3) is 0 Å². The van der Waals surface area contributed by atoms with Crippen LogP contribution in [0.4, 0.5) is 4.39 Å². The minimum absolute atomic E-state index is 0.276. The maximum absolute atomic E-state index is 13.4. The van der Waals surface area contributed by atoms with Crippen LogP contribution in [0.2, 0.25) is 0 Å². The van der Waals surface area contributed by atoms with Gasteiger partial charge >= 0.3 is 0 Å². The van der Waals surface area contributed by atoms with E-state index in [1.54, 1.807) is 6.07 Å². The van der Waals surface area contributed by atoms with Gasteiger partial charge in [-0.25, -0.2) is 4.39 Å². The molecule has 0 spiro atoms. The van der Waals surface area contributed by atoms with Crippen molar-refractivity contribution in [3.63, 3.8) is 0 Å². The number of hydrogen-bond acceptors (Lipinski definition) is 2. The van der Waals surface area contributed by atoms with Crippen LogP contribution >= 0.6 is 11.8 Å². The van der Waals surface area contributed by atoms with Crippen LogP contribution in [0.3, 0.4) is 0 Å². The third-order valence-corrected chi connectivity index (χ3v) is 3.32. The van der Waals surface area contributed by atoms with Crippen LogP contribution in [0.5, 0.6) is 0 Å². The summed E-state index contributed by atoms with van der Waals surface area (Å²) in [6.07, 6.45) is 0. The fourth-order valence-electron chi connectivity index (χ4n) is 1.40. The largest absolute Gasteiger partial charge is 0.392 e. The van der Waals surface area contributed by atoms with E-state index in [0.717, 1.165) is 9.79 Å². The first-order valence-corrected chi connectivity index (χ1v) is 5.74. The lowest BCUT2D eigenvalue weighted by Crippen LogP contribution is -1.92. The molecule has 0 saturated carbocycles. The van der Waals surface area contributed by atoms with Crippen molar-refractivity contribution in [3.8, 4) is 0 Å². The monoisotopic (exact) mass is 234 g/mol. The molecule has 16 heavy (non-hydrogen) atoms. The van der Waals surface area contributed by atoms with Gasteiger partial charge in [-0.1, -0.05) is 36.0 Å². The van der Waals surface area contributed by atoms with Gasteiger partial charge in [0.2, 0.25) is 0 Å². The first kappa shape index (κ1) is 11.2. The lowest BCUT2D eigenvalue weighted by atomic mass is 10.2. The Morgan fingerprint density at radius 2 is 1.75 bits per heavy atom. The van der Waals surface area contributed by atoms with E-state index < -0.39 is 0 Å². The third kappa shape index (κ3) is 2.43. The molecule has 0 bridgehead atoms. The number of rotatable bonds is 3. The van der Waals surface area contributed by atoms with E-state index >= 15 is 0 Å². The Kier molecular flexibility index (Phi) is 3.59. The molecule has 0 radical (unpaired) electrons. The van der Waals surface area contributed by atoms with Gasteiger partial charge in [0, 0.05) is 15.4 Å². The van der Waals surface area contributed by atoms with Crippen LogP contribution < -0.4 is 0 Å². The molecule has 0 aromatic heterocycles. The van der Waals surface area contributed by atoms with Gasteiger partial charge in [-0.2, -0.15) is 0 Å². The average Bonchev–Trinajstić information content (AvgIpc) is 2.31. The predicted octanol–water partition coefficient (Wildman–Crippen LogP) is 3.47. The number of benzene rings is 2. The Hall–Kier alpha value is -1.32. The maximum Gasteiger partial charge on any atom is 0.129 e. The van der Waals surface area contributed by atoms with Crippen molar-refractivity contribution < 1.29 is 9.50 Å². The predicted molar refractivity (Wildman–Crippen MR) is 62.9 cm³/mol. The molecule has 0 aliphatic carbocycles. The van der Waals surface area contributed by atoms with Crippen molar-refractivity contribution in [2.75, 3.05) is 0 Å². The van der Waals surface area contributed by atoms with Gasteiger partial charge < -0.3 is 5.11 Å². The topological polar surface area (TPSA) is 20.2 Å². The summed E-state index contributed by atoms with van der Waals surface area (Å²) < 4.78 is 13.4. The molecule has 0 fully saturated rings. The average molecular weight is 234 g/mol. The summed E-state index contributed by atoms with van der Waals surface area (Å²) in [7, 11) is 0. The van der Waals surface area contributed by atoms with Gasteiger partial charge in [0.15, 0.2) is 0 Å². The molecule has 0 unspecified atom stereocenters. The van der Waals surface area contributed by atoms with E-state index in [1.807, 2.05) is 36.4 Å². The Morgan fingerprint density at radius 3 is 2.44 bits per heavy atom. The summed E-state index contributed by atoms with van der Waals surface area (Å²) in [4.78, 5) is 1.79. The second kappa shape index (κ2) is 5.14. The van der Waals surface area contributed by atoms with E-state index in [-0.39, 0.29) is 12.4 Å². The summed E-state index contributed by atoms with van der Waals surface area (Å²) >= 11 is 1.45. The molecule has 0 aliphatic rings. The highest BCUT2D eigenvalue weighted by atomic mass is 32.2. The van der Waals surface area contributed by atoms with Crippen LogP contribution in [-0.4, -0.2) is 5.11 Å². The molecule has 3 heteroatoms. The van der Waals surface area contributed by atoms with Crippen molar-refractivity contribution in [1.82, 2.24) is 0 Å². The molecule has 0 aliphatic heterocycles. The van der Waals surface area contributed by atoms with Gasteiger partial charge in [-0.15, -0.1) is 0 Å². The highest BCUT2D eigenvalue weighted by Crippen LogP contribution is 2.31. The SMILES string of the molecule is OCc1c(F)cccc1Sc1ccccc1. The number of hydrogen-bond donors (Lipinski definition) is 1. The molecule has 82 valence electrons. The van der Waals surface area contributed by atoms with Crippen molar-refractivity contribution in [1.29, 1.82) is 0 Å². The number of halogens is 1. The van der Waals surface area contributed by atoms with Gasteiger partial charge in [-0.3, -0.25) is 0 Å². The third-order valence-electron chi connectivity index (χ3n) is 2.21. The molecule has 2 aromatic carbocycles. The maximum atomic E-state index is 13.4. The minimum atomic E-state index is -0.358. The molecule has 1 N–H and O–H groups in total. The fourth-order valence-corrected chi connectivity index (χ4v) is 2.38. The van der Waals surface area contributed by atoms with Crippen molar-refractivity contribution in [2.24, 2.45) is 0 Å². The van der Waals surface area contributed by atoms with Gasteiger partial charge in [0.05, 0.1) is 6.61 Å². The summed E-state index contributed by atoms with van der Waals surface area (Å²) in [6.45, 7) is -0.276. The quantitative estimate of drug-likeness (QED) is 0.877. The molecule has 0 heterocycles. The lowest BCUT2D eigenvalue weighted by molar-refractivity contribution is 0.272. The molecule has 0 saturated heterocycles. The number of aliphatic hydroxyl groups excluding tert-OH is 1. The molecule has 0 amide bonds. The first-order valence-electron chi connectivity index (χ1n) is 4.92. The summed E-state index contributed by atoms with van der Waals surface area (Å²) in [5.74, 6) is -0.358. The second-order valence-electron chi connectivity index (χ2n) is 3.29. The van der Waals surface area contributed by atoms with Crippen LogP contribution in [0, 0.1) is 5.82 Å². The summed E-state index contributed by atoms with van der Waals surface area (Å²) in [5, 5.41) is 9.12. The molecular formula is C13H11FOS. The second-order valence-corrected chi connectivity index (χ2v) is 4.41. The zero-order valence-corrected chi connectivity index (χ0v) is 9.38. The van der Waals surface area contributed by atoms with Gasteiger partial charge in [-0.05, 0) is 24.3 Å². The summed E-state index contributed by atoms with van der Waals surface area (Å²) in [6, 6.07) is 14.5. The summed E-state index contributed by atoms with van der Waals surface area (Å²) in [5.41, 5.74) is 0.358. The van der Waals surface area contributed by atoms with E-state index in [2.05, 4.69) is 0 Å². The highest BCUT2D eigenvalue weighted by molar-refractivity contribution is 7.99. The normalized spacial score (nSPS) is 10.4. The van der Waals surface area contributed by atoms with Gasteiger partial charge in [0.25, 0.3) is 0 Å². The Morgan fingerprint density at radius 1 is 1.00 bits per heavy atom. The highest BCUT2D eigenvalue weighted by Gasteiger charge is 2.08. The zero-order chi connectivity index (χ0) is 11.4. The van der Waals surface area contributed by atoms with E-state index in [4.69, 9.17) is 5.11 Å². The van der Waals surface area contributed by atoms with Gasteiger partial charge in [0.1, 0.15) is 5.82 Å². The number of aliphatic hydroxyl groups is 1. The van der Waals surface area contributed by atoms with Crippen LogP contribution in [-0.2, 0) is 6.61 Å². The standard InChI is InChI=1S/C13H11FOS/c14-12-7-4-8-13(11(12)9-15)16-10-5-2-1-3-6-10/h1-8,15H,9H2. The van der Waals surface area contributed by atoms with Crippen molar-refractivity contribution >= 4 is 11.8 Å². The minimum Gasteiger partial charge on any atom is -0.392 e. The van der Waals surface area contributed by atoms with E-state index in [9.17, 15) is 4.39 Å². The molecular weight excluding hydrogens is 223 g/mol. The molecule has 1 nitrogen and oxygen atoms in total. The Balaban J connectivity index is 2.31. The van der Waals surface area contributed by atoms with Crippen LogP contribution in [0.15, 0.2) is 58.3 Å². The first-order chi connectivity index (χ1) is 7.81. The smallest absolute Gasteiger partial charge is 0.129 e. The van der Waals surface area contributed by atoms with Crippen molar-refractivity contribution in [3.05, 3.63) is 59.9 Å². The lowest BCUT2D eigenvalue weighted by Gasteiger charge is -2.07. The Labute approximate surface area is 97.9 Å². The molecule has 2 rings (SSSR count). The zero-order valence-electron chi connectivity index (χ0n) is 8.56. The molecule has 0 atom stereocenters. The molecule has 2 aromatic rings. The van der Waals surface area contributed by atoms with E-state index in [0.29, 0.717) is 5.56 Å². The van der Waals surface area contributed by atoms with Crippen molar-refractivity contribution in [2.45, 2.75) is 16.4 Å². The van der Waals surface area contributed by atoms with E-state index in [1.165, 1.54) is 17.8 Å². The fraction of sp³-hybridized carbons (Fsp3) is 0.0769. The van der Waals surface area contributed by atoms with Crippen LogP contribution in [0.1, 0.15) is 5.56 Å².